The van der Waals surface area contributed by atoms with Gasteiger partial charge in [0.05, 0.1) is 13.2 Å². The molecule has 3 aromatic rings. The van der Waals surface area contributed by atoms with Crippen molar-refractivity contribution in [2.75, 3.05) is 49.6 Å². The quantitative estimate of drug-likeness (QED) is 0.573. The number of benzene rings is 1. The molecule has 0 unspecified atom stereocenters. The number of nitrogens with one attached hydrogen (secondary N) is 2. The molecule has 1 aliphatic heterocycles. The summed E-state index contributed by atoms with van der Waals surface area (Å²) in [4.78, 5) is 23.4. The Bertz CT molecular complexity index is 985. The number of aryl methyl sites for hydroxylation is 1. The molecule has 1 saturated heterocycles. The zero-order chi connectivity index (χ0) is 20.8. The van der Waals surface area contributed by atoms with E-state index >= 15 is 0 Å². The van der Waals surface area contributed by atoms with E-state index in [0.717, 1.165) is 30.3 Å². The van der Waals surface area contributed by atoms with E-state index in [1.165, 1.54) is 0 Å². The topological polar surface area (TPSA) is 105 Å². The Labute approximate surface area is 174 Å². The van der Waals surface area contributed by atoms with Gasteiger partial charge in [0.15, 0.2) is 11.5 Å². The molecule has 2 N–H and O–H groups in total. The lowest BCUT2D eigenvalue weighted by Gasteiger charge is -2.28. The highest BCUT2D eigenvalue weighted by molar-refractivity contribution is 5.93. The number of carbonyl (C=O) groups excluding carboxylic acids is 1. The normalized spacial score (nSPS) is 13.8. The first kappa shape index (κ1) is 19.8. The second kappa shape index (κ2) is 9.36. The molecule has 1 aliphatic rings. The summed E-state index contributed by atoms with van der Waals surface area (Å²) in [6.45, 7) is 5.84. The number of carbonyl (C=O) groups is 1. The number of hydrogen-bond acceptors (Lipinski definition) is 8. The van der Waals surface area contributed by atoms with Gasteiger partial charge in [-0.15, -0.1) is 0 Å². The largest absolute Gasteiger partial charge is 0.378 e. The second-order valence-electron chi connectivity index (χ2n) is 6.88. The molecule has 1 amide bonds. The number of anilines is 2. The van der Waals surface area contributed by atoms with Crippen molar-refractivity contribution >= 4 is 17.5 Å². The van der Waals surface area contributed by atoms with Crippen LogP contribution in [0.15, 0.2) is 47.0 Å². The fourth-order valence-corrected chi connectivity index (χ4v) is 3.17. The maximum absolute atomic E-state index is 12.3. The van der Waals surface area contributed by atoms with Crippen molar-refractivity contribution in [1.82, 2.24) is 20.4 Å². The molecule has 0 bridgehead atoms. The van der Waals surface area contributed by atoms with E-state index < -0.39 is 0 Å². The van der Waals surface area contributed by atoms with Crippen molar-refractivity contribution < 1.29 is 14.1 Å². The van der Waals surface area contributed by atoms with Gasteiger partial charge in [0.25, 0.3) is 5.91 Å². The van der Waals surface area contributed by atoms with Crippen molar-refractivity contribution in [1.29, 1.82) is 0 Å². The van der Waals surface area contributed by atoms with Gasteiger partial charge in [-0.3, -0.25) is 4.79 Å². The third-order valence-electron chi connectivity index (χ3n) is 4.68. The van der Waals surface area contributed by atoms with Gasteiger partial charge in [0.2, 0.25) is 0 Å². The molecule has 9 nitrogen and oxygen atoms in total. The van der Waals surface area contributed by atoms with Crippen LogP contribution in [0.25, 0.3) is 11.3 Å². The molecule has 0 aliphatic carbocycles. The molecule has 0 radical (unpaired) electrons. The summed E-state index contributed by atoms with van der Waals surface area (Å²) in [6.07, 6.45) is 0. The van der Waals surface area contributed by atoms with Crippen LogP contribution in [-0.4, -0.2) is 60.4 Å². The Morgan fingerprint density at radius 1 is 1.10 bits per heavy atom. The number of rotatable bonds is 7. The molecular weight excluding hydrogens is 384 g/mol. The number of amides is 1. The highest BCUT2D eigenvalue weighted by atomic mass is 16.5. The molecule has 156 valence electrons. The first-order valence-corrected chi connectivity index (χ1v) is 9.91. The van der Waals surface area contributed by atoms with Crippen LogP contribution in [0.5, 0.6) is 0 Å². The summed E-state index contributed by atoms with van der Waals surface area (Å²) in [5.74, 6) is 2.59. The summed E-state index contributed by atoms with van der Waals surface area (Å²) < 4.78 is 10.7. The maximum atomic E-state index is 12.3. The van der Waals surface area contributed by atoms with Crippen molar-refractivity contribution in [2.45, 2.75) is 6.92 Å². The van der Waals surface area contributed by atoms with Gasteiger partial charge in [-0.05, 0) is 6.92 Å². The van der Waals surface area contributed by atoms with Gasteiger partial charge < -0.3 is 24.8 Å². The first-order valence-electron chi connectivity index (χ1n) is 9.91. The van der Waals surface area contributed by atoms with E-state index in [1.807, 2.05) is 43.3 Å². The number of ether oxygens (including phenoxy) is 1. The van der Waals surface area contributed by atoms with E-state index in [0.29, 0.717) is 37.9 Å². The number of hydrogen-bond donors (Lipinski definition) is 2. The summed E-state index contributed by atoms with van der Waals surface area (Å²) in [6, 6.07) is 13.1. The molecule has 3 heterocycles. The van der Waals surface area contributed by atoms with Gasteiger partial charge in [-0.25, -0.2) is 9.97 Å². The zero-order valence-corrected chi connectivity index (χ0v) is 16.8. The van der Waals surface area contributed by atoms with Crippen LogP contribution >= 0.6 is 0 Å². The minimum atomic E-state index is -0.282. The first-order chi connectivity index (χ1) is 14.7. The average molecular weight is 408 g/mol. The monoisotopic (exact) mass is 408 g/mol. The average Bonchev–Trinajstić information content (AvgIpc) is 3.28. The number of morpholine rings is 1. The van der Waals surface area contributed by atoms with E-state index in [-0.39, 0.29) is 11.6 Å². The number of nitrogens with zero attached hydrogens (tertiary/aromatic N) is 4. The highest BCUT2D eigenvalue weighted by Crippen LogP contribution is 2.20. The zero-order valence-electron chi connectivity index (χ0n) is 16.8. The van der Waals surface area contributed by atoms with E-state index in [4.69, 9.17) is 9.26 Å². The predicted molar refractivity (Wildman–Crippen MR) is 113 cm³/mol. The van der Waals surface area contributed by atoms with E-state index in [9.17, 15) is 4.79 Å². The van der Waals surface area contributed by atoms with Crippen molar-refractivity contribution in [3.05, 3.63) is 54.0 Å². The second-order valence-corrected chi connectivity index (χ2v) is 6.88. The van der Waals surface area contributed by atoms with Crippen LogP contribution in [0.3, 0.4) is 0 Å². The van der Waals surface area contributed by atoms with Crippen LogP contribution in [0.4, 0.5) is 11.6 Å². The van der Waals surface area contributed by atoms with Crippen LogP contribution in [0, 0.1) is 6.92 Å². The lowest BCUT2D eigenvalue weighted by Crippen LogP contribution is -2.37. The minimum absolute atomic E-state index is 0.251. The van der Waals surface area contributed by atoms with E-state index in [1.54, 1.807) is 6.07 Å². The Balaban J connectivity index is 1.28. The molecule has 4 rings (SSSR count). The molecule has 9 heteroatoms. The molecule has 1 fully saturated rings. The standard InChI is InChI=1S/C21H24N6O3/c1-15-24-19(14-20(25-15)27-9-11-29-12-10-27)22-7-8-23-21(28)17-13-18(30-26-17)16-5-3-2-4-6-16/h2-6,13-14H,7-12H2,1H3,(H,23,28)(H,22,24,25). The van der Waals surface area contributed by atoms with Crippen LogP contribution in [0.2, 0.25) is 0 Å². The van der Waals surface area contributed by atoms with Gasteiger partial charge in [0.1, 0.15) is 17.5 Å². The smallest absolute Gasteiger partial charge is 0.273 e. The van der Waals surface area contributed by atoms with Crippen LogP contribution < -0.4 is 15.5 Å². The Kier molecular flexibility index (Phi) is 6.19. The van der Waals surface area contributed by atoms with Gasteiger partial charge >= 0.3 is 0 Å². The van der Waals surface area contributed by atoms with Crippen molar-refractivity contribution in [2.24, 2.45) is 0 Å². The van der Waals surface area contributed by atoms with Gasteiger partial charge in [-0.2, -0.15) is 0 Å². The Hall–Kier alpha value is -3.46. The van der Waals surface area contributed by atoms with Crippen molar-refractivity contribution in [3.8, 4) is 11.3 Å². The SMILES string of the molecule is Cc1nc(NCCNC(=O)c2cc(-c3ccccc3)on2)cc(N2CCOCC2)n1. The molecule has 0 spiro atoms. The number of aromatic nitrogens is 3. The Morgan fingerprint density at radius 2 is 1.90 bits per heavy atom. The molecular formula is C21H24N6O3. The van der Waals surface area contributed by atoms with Gasteiger partial charge in [0, 0.05) is 43.9 Å². The lowest BCUT2D eigenvalue weighted by atomic mass is 10.1. The summed E-state index contributed by atoms with van der Waals surface area (Å²) in [5, 5.41) is 9.93. The molecule has 1 aromatic carbocycles. The highest BCUT2D eigenvalue weighted by Gasteiger charge is 2.15. The van der Waals surface area contributed by atoms with E-state index in [2.05, 4.69) is 30.7 Å². The molecule has 30 heavy (non-hydrogen) atoms. The molecule has 0 atom stereocenters. The predicted octanol–water partition coefficient (Wildman–Crippen LogP) is 2.12. The Morgan fingerprint density at radius 3 is 2.70 bits per heavy atom. The summed E-state index contributed by atoms with van der Waals surface area (Å²) in [5.41, 5.74) is 1.13. The summed E-state index contributed by atoms with van der Waals surface area (Å²) in [7, 11) is 0. The third kappa shape index (κ3) is 4.93. The molecule has 2 aromatic heterocycles. The summed E-state index contributed by atoms with van der Waals surface area (Å²) >= 11 is 0. The van der Waals surface area contributed by atoms with Gasteiger partial charge in [-0.1, -0.05) is 35.5 Å². The minimum Gasteiger partial charge on any atom is -0.378 e. The molecule has 0 saturated carbocycles. The van der Waals surface area contributed by atoms with Crippen LogP contribution in [-0.2, 0) is 4.74 Å². The maximum Gasteiger partial charge on any atom is 0.273 e. The third-order valence-corrected chi connectivity index (χ3v) is 4.68. The fourth-order valence-electron chi connectivity index (χ4n) is 3.17. The van der Waals surface area contributed by atoms with Crippen molar-refractivity contribution in [3.63, 3.8) is 0 Å². The lowest BCUT2D eigenvalue weighted by molar-refractivity contribution is 0.0946. The van der Waals surface area contributed by atoms with Crippen LogP contribution in [0.1, 0.15) is 16.3 Å². The fraction of sp³-hybridized carbons (Fsp3) is 0.333.